The Morgan fingerprint density at radius 3 is 2.38 bits per heavy atom. The van der Waals surface area contributed by atoms with E-state index in [1.807, 2.05) is 0 Å². The van der Waals surface area contributed by atoms with Crippen molar-refractivity contribution >= 4 is 23.1 Å². The first-order chi connectivity index (χ1) is 3.72. The molecule has 1 aliphatic heterocycles. The smallest absolute Gasteiger partial charge is 0.227 e. The van der Waals surface area contributed by atoms with Crippen molar-refractivity contribution in [1.82, 2.24) is 4.90 Å². The molecule has 3 heteroatoms. The van der Waals surface area contributed by atoms with Crippen molar-refractivity contribution in [1.29, 1.82) is 0 Å². The molecule has 1 heterocycles. The highest BCUT2D eigenvalue weighted by Gasteiger charge is 2.20. The van der Waals surface area contributed by atoms with Gasteiger partial charge in [-0.25, -0.2) is 0 Å². The second-order valence-corrected chi connectivity index (χ2v) is 2.32. The predicted octanol–water partition coefficient (Wildman–Crippen LogP) is 0.566. The summed E-state index contributed by atoms with van der Waals surface area (Å²) in [5.74, 6) is 0.148. The zero-order valence-electron chi connectivity index (χ0n) is 4.68. The van der Waals surface area contributed by atoms with E-state index < -0.39 is 0 Å². The van der Waals surface area contributed by atoms with Crippen molar-refractivity contribution in [2.75, 3.05) is 7.05 Å². The SMILES string of the molecule is CN1C(=O)CCC1=S. The molecule has 0 aromatic carbocycles. The van der Waals surface area contributed by atoms with Gasteiger partial charge in [-0.2, -0.15) is 0 Å². The molecule has 0 aromatic heterocycles. The minimum atomic E-state index is 0.148. The van der Waals surface area contributed by atoms with Crippen LogP contribution in [0.25, 0.3) is 0 Å². The molecule has 0 aliphatic carbocycles. The number of hydrogen-bond donors (Lipinski definition) is 0. The Kier molecular flexibility index (Phi) is 1.29. The van der Waals surface area contributed by atoms with E-state index in [4.69, 9.17) is 12.2 Å². The molecule has 44 valence electrons. The van der Waals surface area contributed by atoms with E-state index in [9.17, 15) is 4.79 Å². The van der Waals surface area contributed by atoms with Crippen molar-refractivity contribution < 1.29 is 4.79 Å². The van der Waals surface area contributed by atoms with Gasteiger partial charge in [-0.05, 0) is 0 Å². The number of carbonyl (C=O) groups is 1. The molecule has 0 unspecified atom stereocenters. The van der Waals surface area contributed by atoms with Crippen LogP contribution in [0.4, 0.5) is 0 Å². The van der Waals surface area contributed by atoms with E-state index in [1.165, 1.54) is 4.90 Å². The first-order valence-corrected chi connectivity index (χ1v) is 2.92. The molecule has 0 N–H and O–H groups in total. The van der Waals surface area contributed by atoms with E-state index in [0.717, 1.165) is 11.4 Å². The van der Waals surface area contributed by atoms with Gasteiger partial charge in [-0.1, -0.05) is 12.2 Å². The average molecular weight is 129 g/mol. The Balaban J connectivity index is 2.70. The summed E-state index contributed by atoms with van der Waals surface area (Å²) in [5, 5.41) is 0. The number of nitrogens with zero attached hydrogens (tertiary/aromatic N) is 1. The number of amides is 1. The molecule has 1 fully saturated rings. The van der Waals surface area contributed by atoms with E-state index in [0.29, 0.717) is 6.42 Å². The first-order valence-electron chi connectivity index (χ1n) is 2.51. The van der Waals surface area contributed by atoms with Crippen LogP contribution in [0.1, 0.15) is 12.8 Å². The van der Waals surface area contributed by atoms with E-state index in [2.05, 4.69) is 0 Å². The summed E-state index contributed by atoms with van der Waals surface area (Å²) in [4.78, 5) is 12.9. The number of likely N-dealkylation sites (tertiary alicyclic amines) is 1. The highest BCUT2D eigenvalue weighted by atomic mass is 32.1. The summed E-state index contributed by atoms with van der Waals surface area (Å²) in [5.41, 5.74) is 0. The van der Waals surface area contributed by atoms with Crippen LogP contribution in [0.3, 0.4) is 0 Å². The molecule has 0 bridgehead atoms. The number of thiocarbonyl (C=S) groups is 1. The van der Waals surface area contributed by atoms with Crippen LogP contribution < -0.4 is 0 Å². The lowest BCUT2D eigenvalue weighted by Crippen LogP contribution is -2.21. The van der Waals surface area contributed by atoms with Crippen molar-refractivity contribution in [2.24, 2.45) is 0 Å². The van der Waals surface area contributed by atoms with Gasteiger partial charge in [-0.3, -0.25) is 4.79 Å². The standard InChI is InChI=1S/C5H7NOS/c1-6-4(7)2-3-5(6)8/h2-3H2,1H3. The van der Waals surface area contributed by atoms with E-state index >= 15 is 0 Å². The molecule has 0 atom stereocenters. The topological polar surface area (TPSA) is 20.3 Å². The molecule has 0 aromatic rings. The largest absolute Gasteiger partial charge is 0.310 e. The van der Waals surface area contributed by atoms with Crippen molar-refractivity contribution in [3.8, 4) is 0 Å². The zero-order valence-corrected chi connectivity index (χ0v) is 5.49. The Bertz CT molecular complexity index is 127. The molecule has 0 saturated carbocycles. The summed E-state index contributed by atoms with van der Waals surface area (Å²) in [6.07, 6.45) is 1.38. The molecule has 1 saturated heterocycles. The lowest BCUT2D eigenvalue weighted by Gasteiger charge is -2.04. The van der Waals surface area contributed by atoms with Gasteiger partial charge < -0.3 is 4.90 Å². The Morgan fingerprint density at radius 1 is 1.62 bits per heavy atom. The van der Waals surface area contributed by atoms with Gasteiger partial charge in [0.15, 0.2) is 0 Å². The molecule has 1 aliphatic rings. The summed E-state index contributed by atoms with van der Waals surface area (Å²) >= 11 is 4.82. The molecule has 0 spiro atoms. The van der Waals surface area contributed by atoms with Crippen molar-refractivity contribution in [3.05, 3.63) is 0 Å². The fourth-order valence-corrected chi connectivity index (χ4v) is 0.892. The van der Waals surface area contributed by atoms with Crippen molar-refractivity contribution in [2.45, 2.75) is 12.8 Å². The second kappa shape index (κ2) is 1.82. The van der Waals surface area contributed by atoms with Gasteiger partial charge in [0.2, 0.25) is 5.91 Å². The summed E-state index contributed by atoms with van der Waals surface area (Å²) in [6, 6.07) is 0. The van der Waals surface area contributed by atoms with Crippen LogP contribution in [-0.2, 0) is 4.79 Å². The maximum Gasteiger partial charge on any atom is 0.227 e. The third kappa shape index (κ3) is 0.733. The number of carbonyl (C=O) groups excluding carboxylic acids is 1. The monoisotopic (exact) mass is 129 g/mol. The fourth-order valence-electron chi connectivity index (χ4n) is 0.688. The van der Waals surface area contributed by atoms with Gasteiger partial charge in [0.05, 0.1) is 4.99 Å². The van der Waals surface area contributed by atoms with Crippen LogP contribution in [-0.4, -0.2) is 22.8 Å². The van der Waals surface area contributed by atoms with Gasteiger partial charge in [0.1, 0.15) is 0 Å². The number of hydrogen-bond acceptors (Lipinski definition) is 2. The highest BCUT2D eigenvalue weighted by Crippen LogP contribution is 2.09. The quantitative estimate of drug-likeness (QED) is 0.445. The highest BCUT2D eigenvalue weighted by molar-refractivity contribution is 7.80. The van der Waals surface area contributed by atoms with E-state index in [1.54, 1.807) is 7.05 Å². The zero-order chi connectivity index (χ0) is 6.15. The van der Waals surface area contributed by atoms with Crippen LogP contribution in [0, 0.1) is 0 Å². The normalized spacial score (nSPS) is 20.4. The first kappa shape index (κ1) is 5.69. The van der Waals surface area contributed by atoms with Gasteiger partial charge in [0, 0.05) is 19.9 Å². The average Bonchev–Trinajstić information content (AvgIpc) is 1.98. The van der Waals surface area contributed by atoms with Gasteiger partial charge in [-0.15, -0.1) is 0 Å². The molecule has 8 heavy (non-hydrogen) atoms. The van der Waals surface area contributed by atoms with E-state index in [-0.39, 0.29) is 5.91 Å². The van der Waals surface area contributed by atoms with Crippen molar-refractivity contribution in [3.63, 3.8) is 0 Å². The third-order valence-electron chi connectivity index (χ3n) is 1.30. The van der Waals surface area contributed by atoms with Crippen LogP contribution in [0.15, 0.2) is 0 Å². The Morgan fingerprint density at radius 2 is 2.25 bits per heavy atom. The molecule has 2 nitrogen and oxygen atoms in total. The lowest BCUT2D eigenvalue weighted by molar-refractivity contribution is -0.124. The Hall–Kier alpha value is -0.440. The lowest BCUT2D eigenvalue weighted by atomic mass is 10.4. The molecule has 1 rings (SSSR count). The molecule has 0 radical (unpaired) electrons. The Labute approximate surface area is 53.5 Å². The van der Waals surface area contributed by atoms with Crippen LogP contribution >= 0.6 is 12.2 Å². The minimum absolute atomic E-state index is 0.148. The van der Waals surface area contributed by atoms with Crippen LogP contribution in [0.2, 0.25) is 0 Å². The third-order valence-corrected chi connectivity index (χ3v) is 1.78. The molecular formula is C5H7NOS. The maximum absolute atomic E-state index is 10.6. The van der Waals surface area contributed by atoms with Gasteiger partial charge in [0.25, 0.3) is 0 Å². The second-order valence-electron chi connectivity index (χ2n) is 1.85. The fraction of sp³-hybridized carbons (Fsp3) is 0.600. The summed E-state index contributed by atoms with van der Waals surface area (Å²) in [7, 11) is 1.72. The predicted molar refractivity (Wildman–Crippen MR) is 34.6 cm³/mol. The molecular weight excluding hydrogens is 122 g/mol. The summed E-state index contributed by atoms with van der Waals surface area (Å²) < 4.78 is 0. The van der Waals surface area contributed by atoms with Crippen LogP contribution in [0.5, 0.6) is 0 Å². The maximum atomic E-state index is 10.6. The molecule has 1 amide bonds. The minimum Gasteiger partial charge on any atom is -0.310 e. The van der Waals surface area contributed by atoms with Gasteiger partial charge >= 0.3 is 0 Å². The summed E-state index contributed by atoms with van der Waals surface area (Å²) in [6.45, 7) is 0. The number of rotatable bonds is 0.